The molecule has 0 bridgehead atoms. The molecule has 4 rings (SSSR count). The van der Waals surface area contributed by atoms with E-state index in [-0.39, 0.29) is 11.7 Å². The average Bonchev–Trinajstić information content (AvgIpc) is 3.20. The molecule has 8 heteroatoms. The number of hydrogen-bond donors (Lipinski definition) is 0. The third-order valence-electron chi connectivity index (χ3n) is 4.20. The smallest absolute Gasteiger partial charge is 0.227 e. The molecule has 130 valence electrons. The molecule has 0 spiro atoms. The highest BCUT2D eigenvalue weighted by Gasteiger charge is 2.23. The number of aromatic nitrogens is 1. The van der Waals surface area contributed by atoms with Gasteiger partial charge in [0, 0.05) is 31.1 Å². The number of hydrogen-bond acceptors (Lipinski definition) is 5. The first-order valence-corrected chi connectivity index (χ1v) is 9.92. The molecular formula is C17H15ClFN3OS2. The summed E-state index contributed by atoms with van der Waals surface area (Å²) in [5, 5.41) is 0.887. The number of thiophene rings is 1. The third kappa shape index (κ3) is 3.63. The van der Waals surface area contributed by atoms with Gasteiger partial charge < -0.3 is 9.80 Å². The molecule has 0 radical (unpaired) electrons. The number of rotatable bonds is 3. The highest BCUT2D eigenvalue weighted by molar-refractivity contribution is 7.22. The summed E-state index contributed by atoms with van der Waals surface area (Å²) in [5.41, 5.74) is 0.814. The fraction of sp³-hybridized carbons (Fsp3) is 0.294. The van der Waals surface area contributed by atoms with E-state index in [9.17, 15) is 9.18 Å². The van der Waals surface area contributed by atoms with E-state index >= 15 is 0 Å². The molecule has 0 N–H and O–H groups in total. The lowest BCUT2D eigenvalue weighted by Crippen LogP contribution is -2.49. The number of piperazine rings is 1. The number of thiazole rings is 1. The summed E-state index contributed by atoms with van der Waals surface area (Å²) in [7, 11) is 0. The van der Waals surface area contributed by atoms with E-state index in [0.717, 1.165) is 33.3 Å². The lowest BCUT2D eigenvalue weighted by molar-refractivity contribution is -0.130. The van der Waals surface area contributed by atoms with Crippen molar-refractivity contribution in [1.82, 2.24) is 9.88 Å². The summed E-state index contributed by atoms with van der Waals surface area (Å²) in [5.74, 6) is -0.115. The van der Waals surface area contributed by atoms with Crippen molar-refractivity contribution in [3.05, 3.63) is 45.4 Å². The normalized spacial score (nSPS) is 15.1. The van der Waals surface area contributed by atoms with Gasteiger partial charge >= 0.3 is 0 Å². The number of benzene rings is 1. The zero-order valence-electron chi connectivity index (χ0n) is 13.2. The van der Waals surface area contributed by atoms with E-state index in [2.05, 4.69) is 9.88 Å². The van der Waals surface area contributed by atoms with Crippen molar-refractivity contribution in [1.29, 1.82) is 0 Å². The lowest BCUT2D eigenvalue weighted by atomic mass is 10.2. The SMILES string of the molecule is O=C(Cc1ccc(Cl)s1)N1CCN(c2nc3ccc(F)cc3s2)CC1. The van der Waals surface area contributed by atoms with Crippen LogP contribution in [0.25, 0.3) is 10.2 Å². The van der Waals surface area contributed by atoms with E-state index in [1.54, 1.807) is 6.07 Å². The second kappa shape index (κ2) is 6.90. The summed E-state index contributed by atoms with van der Waals surface area (Å²) < 4.78 is 14.9. The maximum atomic E-state index is 13.3. The summed E-state index contributed by atoms with van der Waals surface area (Å²) in [4.78, 5) is 22.0. The standard InChI is InChI=1S/C17H15ClFN3OS2/c18-15-4-2-12(24-15)10-16(23)21-5-7-22(8-6-21)17-20-13-3-1-11(19)9-14(13)25-17/h1-4,9H,5-8,10H2. The monoisotopic (exact) mass is 395 g/mol. The Morgan fingerprint density at radius 3 is 2.68 bits per heavy atom. The van der Waals surface area contributed by atoms with E-state index in [4.69, 9.17) is 11.6 Å². The van der Waals surface area contributed by atoms with Gasteiger partial charge in [-0.15, -0.1) is 11.3 Å². The van der Waals surface area contributed by atoms with Gasteiger partial charge in [-0.3, -0.25) is 4.79 Å². The van der Waals surface area contributed by atoms with Crippen LogP contribution in [0.2, 0.25) is 4.34 Å². The minimum atomic E-state index is -0.244. The van der Waals surface area contributed by atoms with Gasteiger partial charge in [0.25, 0.3) is 0 Å². The molecule has 1 saturated heterocycles. The minimum absolute atomic E-state index is 0.129. The van der Waals surface area contributed by atoms with Crippen molar-refractivity contribution in [2.45, 2.75) is 6.42 Å². The van der Waals surface area contributed by atoms with E-state index in [1.807, 2.05) is 17.0 Å². The predicted molar refractivity (Wildman–Crippen MR) is 101 cm³/mol. The molecule has 3 heterocycles. The molecule has 2 aromatic heterocycles. The Kier molecular flexibility index (Phi) is 4.62. The second-order valence-electron chi connectivity index (χ2n) is 5.86. The molecule has 1 aromatic carbocycles. The zero-order chi connectivity index (χ0) is 17.4. The number of amides is 1. The molecule has 1 aliphatic heterocycles. The van der Waals surface area contributed by atoms with Crippen LogP contribution in [0.4, 0.5) is 9.52 Å². The first-order chi connectivity index (χ1) is 12.1. The summed E-state index contributed by atoms with van der Waals surface area (Å²) in [6.07, 6.45) is 0.401. The number of fused-ring (bicyclic) bond motifs is 1. The highest BCUT2D eigenvalue weighted by Crippen LogP contribution is 2.30. The van der Waals surface area contributed by atoms with Crippen LogP contribution in [0.5, 0.6) is 0 Å². The molecule has 0 saturated carbocycles. The first-order valence-electron chi connectivity index (χ1n) is 7.91. The maximum Gasteiger partial charge on any atom is 0.227 e. The van der Waals surface area contributed by atoms with Gasteiger partial charge in [0.05, 0.1) is 21.0 Å². The fourth-order valence-corrected chi connectivity index (χ4v) is 5.00. The molecule has 0 atom stereocenters. The zero-order valence-corrected chi connectivity index (χ0v) is 15.6. The van der Waals surface area contributed by atoms with Crippen LogP contribution in [0, 0.1) is 5.82 Å². The van der Waals surface area contributed by atoms with Gasteiger partial charge in [0.2, 0.25) is 5.91 Å². The number of carbonyl (C=O) groups excluding carboxylic acids is 1. The van der Waals surface area contributed by atoms with Crippen molar-refractivity contribution < 1.29 is 9.18 Å². The van der Waals surface area contributed by atoms with Crippen molar-refractivity contribution in [2.24, 2.45) is 0 Å². The number of halogens is 2. The Balaban J connectivity index is 1.39. The number of carbonyl (C=O) groups is 1. The van der Waals surface area contributed by atoms with E-state index in [1.165, 1.54) is 34.8 Å². The quantitative estimate of drug-likeness (QED) is 0.671. The molecule has 0 aliphatic carbocycles. The summed E-state index contributed by atoms with van der Waals surface area (Å²) >= 11 is 8.86. The van der Waals surface area contributed by atoms with Crippen LogP contribution in [0.3, 0.4) is 0 Å². The van der Waals surface area contributed by atoms with Crippen LogP contribution < -0.4 is 4.90 Å². The van der Waals surface area contributed by atoms with Crippen LogP contribution >= 0.6 is 34.3 Å². The lowest BCUT2D eigenvalue weighted by Gasteiger charge is -2.34. The predicted octanol–water partition coefficient (Wildman–Crippen LogP) is 4.04. The van der Waals surface area contributed by atoms with Crippen molar-refractivity contribution in [3.8, 4) is 0 Å². The Bertz CT molecular complexity index is 918. The van der Waals surface area contributed by atoms with Gasteiger partial charge in [0.1, 0.15) is 5.82 Å². The second-order valence-corrected chi connectivity index (χ2v) is 8.67. The molecule has 1 amide bonds. The van der Waals surface area contributed by atoms with Gasteiger partial charge in [-0.25, -0.2) is 9.37 Å². The molecule has 1 aliphatic rings. The molecular weight excluding hydrogens is 381 g/mol. The topological polar surface area (TPSA) is 36.4 Å². The number of nitrogens with zero attached hydrogens (tertiary/aromatic N) is 3. The Hall–Kier alpha value is -1.70. The maximum absolute atomic E-state index is 13.3. The Morgan fingerprint density at radius 2 is 1.96 bits per heavy atom. The average molecular weight is 396 g/mol. The highest BCUT2D eigenvalue weighted by atomic mass is 35.5. The van der Waals surface area contributed by atoms with Crippen LogP contribution in [-0.2, 0) is 11.2 Å². The minimum Gasteiger partial charge on any atom is -0.345 e. The van der Waals surface area contributed by atoms with Crippen molar-refractivity contribution in [3.63, 3.8) is 0 Å². The molecule has 25 heavy (non-hydrogen) atoms. The van der Waals surface area contributed by atoms with Crippen LogP contribution in [0.1, 0.15) is 4.88 Å². The van der Waals surface area contributed by atoms with Gasteiger partial charge in [-0.2, -0.15) is 0 Å². The van der Waals surface area contributed by atoms with Gasteiger partial charge in [0.15, 0.2) is 5.13 Å². The first kappa shape index (κ1) is 16.8. The molecule has 4 nitrogen and oxygen atoms in total. The fourth-order valence-electron chi connectivity index (χ4n) is 2.88. The van der Waals surface area contributed by atoms with E-state index in [0.29, 0.717) is 23.8 Å². The molecule has 1 fully saturated rings. The summed E-state index contributed by atoms with van der Waals surface area (Å²) in [6.45, 7) is 2.81. The van der Waals surface area contributed by atoms with Crippen molar-refractivity contribution in [2.75, 3.05) is 31.1 Å². The third-order valence-corrected chi connectivity index (χ3v) is 6.51. The number of anilines is 1. The van der Waals surface area contributed by atoms with Crippen molar-refractivity contribution >= 4 is 55.5 Å². The molecule has 3 aromatic rings. The largest absolute Gasteiger partial charge is 0.345 e. The van der Waals surface area contributed by atoms with Gasteiger partial charge in [-0.1, -0.05) is 22.9 Å². The van der Waals surface area contributed by atoms with E-state index < -0.39 is 0 Å². The van der Waals surface area contributed by atoms with Gasteiger partial charge in [-0.05, 0) is 30.3 Å². The van der Waals surface area contributed by atoms with Crippen LogP contribution in [0.15, 0.2) is 30.3 Å². The Labute approximate surface area is 157 Å². The van der Waals surface area contributed by atoms with Crippen LogP contribution in [-0.4, -0.2) is 42.0 Å². The Morgan fingerprint density at radius 1 is 1.16 bits per heavy atom. The summed E-state index contributed by atoms with van der Waals surface area (Å²) in [6, 6.07) is 8.38. The molecule has 0 unspecified atom stereocenters.